The van der Waals surface area contributed by atoms with Gasteiger partial charge in [0, 0.05) is 10.3 Å². The Hall–Kier alpha value is -1.97. The minimum Gasteiger partial charge on any atom is -0.467 e. The van der Waals surface area contributed by atoms with Crippen LogP contribution in [0.15, 0.2) is 38.5 Å². The molecule has 1 unspecified atom stereocenters. The van der Waals surface area contributed by atoms with Gasteiger partial charge in [-0.1, -0.05) is 18.3 Å². The molecule has 6 nitrogen and oxygen atoms in total. The van der Waals surface area contributed by atoms with Crippen LogP contribution in [0.5, 0.6) is 0 Å². The first-order chi connectivity index (χ1) is 13.3. The van der Waals surface area contributed by atoms with Crippen molar-refractivity contribution in [3.05, 3.63) is 40.9 Å². The van der Waals surface area contributed by atoms with E-state index in [1.807, 2.05) is 23.5 Å². The molecule has 0 bridgehead atoms. The number of nitrogens with one attached hydrogen (secondary N) is 1. The summed E-state index contributed by atoms with van der Waals surface area (Å²) in [7, 11) is 0. The molecule has 0 saturated heterocycles. The third-order valence-corrected chi connectivity index (χ3v) is 7.74. The van der Waals surface area contributed by atoms with E-state index in [1.54, 1.807) is 24.4 Å². The summed E-state index contributed by atoms with van der Waals surface area (Å²) in [6, 6.07) is 3.81. The lowest BCUT2D eigenvalue weighted by molar-refractivity contribution is 0.509. The number of furan rings is 1. The van der Waals surface area contributed by atoms with E-state index in [2.05, 4.69) is 32.4 Å². The van der Waals surface area contributed by atoms with Crippen LogP contribution in [0.4, 0.5) is 5.13 Å². The number of aryl methyl sites for hydroxylation is 1. The van der Waals surface area contributed by atoms with Gasteiger partial charge in [0.1, 0.15) is 21.9 Å². The second-order valence-corrected chi connectivity index (χ2v) is 9.92. The number of hydrogen-bond donors (Lipinski definition) is 1. The molecule has 0 saturated carbocycles. The summed E-state index contributed by atoms with van der Waals surface area (Å²) in [5.41, 5.74) is 1.44. The fourth-order valence-corrected chi connectivity index (χ4v) is 6.50. The topological polar surface area (TPSA) is 76.7 Å². The van der Waals surface area contributed by atoms with Crippen LogP contribution in [0.3, 0.4) is 0 Å². The summed E-state index contributed by atoms with van der Waals surface area (Å²) in [5, 5.41) is 14.8. The van der Waals surface area contributed by atoms with Gasteiger partial charge in [-0.15, -0.1) is 21.5 Å². The van der Waals surface area contributed by atoms with Crippen LogP contribution in [-0.4, -0.2) is 20.2 Å². The molecule has 4 heterocycles. The second kappa shape index (κ2) is 7.21. The highest BCUT2D eigenvalue weighted by Crippen LogP contribution is 2.42. The highest BCUT2D eigenvalue weighted by molar-refractivity contribution is 8.01. The molecular formula is C18H17N5OS3. The van der Waals surface area contributed by atoms with Crippen molar-refractivity contribution in [3.8, 4) is 0 Å². The van der Waals surface area contributed by atoms with E-state index in [4.69, 9.17) is 4.42 Å². The number of fused-ring (bicyclic) bond motifs is 3. The van der Waals surface area contributed by atoms with Gasteiger partial charge in [0.2, 0.25) is 5.13 Å². The number of nitrogens with zero attached hydrogens (tertiary/aromatic N) is 4. The summed E-state index contributed by atoms with van der Waals surface area (Å²) in [5.74, 6) is 1.62. The lowest BCUT2D eigenvalue weighted by atomic mass is 9.89. The molecule has 0 spiro atoms. The number of hydrogen-bond acceptors (Lipinski definition) is 9. The predicted molar refractivity (Wildman–Crippen MR) is 109 cm³/mol. The Balaban J connectivity index is 1.39. The van der Waals surface area contributed by atoms with Crippen molar-refractivity contribution in [2.75, 3.05) is 5.32 Å². The van der Waals surface area contributed by atoms with Crippen molar-refractivity contribution in [1.82, 2.24) is 20.2 Å². The molecule has 138 valence electrons. The van der Waals surface area contributed by atoms with Crippen LogP contribution in [-0.2, 0) is 19.4 Å². The molecule has 1 aliphatic rings. The van der Waals surface area contributed by atoms with Crippen LogP contribution in [0.1, 0.15) is 29.5 Å². The smallest absolute Gasteiger partial charge is 0.206 e. The van der Waals surface area contributed by atoms with Gasteiger partial charge in [-0.3, -0.25) is 0 Å². The molecule has 0 radical (unpaired) electrons. The van der Waals surface area contributed by atoms with E-state index >= 15 is 0 Å². The maximum absolute atomic E-state index is 5.33. The third-order valence-electron chi connectivity index (χ3n) is 4.64. The van der Waals surface area contributed by atoms with Crippen LogP contribution < -0.4 is 5.32 Å². The van der Waals surface area contributed by atoms with Gasteiger partial charge in [0.15, 0.2) is 4.34 Å². The molecule has 1 N–H and O–H groups in total. The average molecular weight is 416 g/mol. The fourth-order valence-electron chi connectivity index (χ4n) is 3.30. The molecule has 0 aliphatic heterocycles. The van der Waals surface area contributed by atoms with Gasteiger partial charge in [0.05, 0.1) is 12.8 Å². The Kier molecular flexibility index (Phi) is 4.58. The molecular weight excluding hydrogens is 398 g/mol. The van der Waals surface area contributed by atoms with E-state index in [-0.39, 0.29) is 0 Å². The first-order valence-corrected chi connectivity index (χ1v) is 11.2. The molecule has 4 aromatic rings. The summed E-state index contributed by atoms with van der Waals surface area (Å²) in [6.07, 6.45) is 6.83. The van der Waals surface area contributed by atoms with Crippen molar-refractivity contribution in [3.63, 3.8) is 0 Å². The van der Waals surface area contributed by atoms with Crippen LogP contribution >= 0.6 is 34.4 Å². The summed E-state index contributed by atoms with van der Waals surface area (Å²) >= 11 is 4.93. The van der Waals surface area contributed by atoms with E-state index in [1.165, 1.54) is 33.6 Å². The van der Waals surface area contributed by atoms with Crippen molar-refractivity contribution in [2.45, 2.75) is 42.1 Å². The number of rotatable bonds is 5. The van der Waals surface area contributed by atoms with Gasteiger partial charge in [-0.2, -0.15) is 0 Å². The van der Waals surface area contributed by atoms with Gasteiger partial charge in [-0.25, -0.2) is 9.97 Å². The molecule has 5 rings (SSSR count). The molecule has 1 aliphatic carbocycles. The summed E-state index contributed by atoms with van der Waals surface area (Å²) < 4.78 is 6.21. The Morgan fingerprint density at radius 2 is 2.26 bits per heavy atom. The molecule has 9 heteroatoms. The Labute approximate surface area is 168 Å². The van der Waals surface area contributed by atoms with Crippen LogP contribution in [0, 0.1) is 5.92 Å². The first kappa shape index (κ1) is 17.2. The van der Waals surface area contributed by atoms with E-state index in [0.717, 1.165) is 43.8 Å². The Bertz CT molecular complexity index is 1070. The number of aromatic nitrogens is 4. The quantitative estimate of drug-likeness (QED) is 0.458. The highest BCUT2D eigenvalue weighted by atomic mass is 32.2. The zero-order valence-corrected chi connectivity index (χ0v) is 17.1. The zero-order valence-electron chi connectivity index (χ0n) is 14.6. The maximum Gasteiger partial charge on any atom is 0.206 e. The predicted octanol–water partition coefficient (Wildman–Crippen LogP) is 5.02. The van der Waals surface area contributed by atoms with Crippen LogP contribution in [0.2, 0.25) is 0 Å². The Morgan fingerprint density at radius 3 is 3.15 bits per heavy atom. The molecule has 4 aromatic heterocycles. The summed E-state index contributed by atoms with van der Waals surface area (Å²) in [4.78, 5) is 11.6. The van der Waals surface area contributed by atoms with Crippen molar-refractivity contribution in [1.29, 1.82) is 0 Å². The van der Waals surface area contributed by atoms with Crippen molar-refractivity contribution in [2.24, 2.45) is 5.92 Å². The van der Waals surface area contributed by atoms with E-state index in [9.17, 15) is 0 Å². The molecule has 0 amide bonds. The minimum atomic E-state index is 0.597. The van der Waals surface area contributed by atoms with Crippen molar-refractivity contribution < 1.29 is 4.42 Å². The molecule has 0 aromatic carbocycles. The lowest BCUT2D eigenvalue weighted by Gasteiger charge is -2.17. The van der Waals surface area contributed by atoms with Gasteiger partial charge in [0.25, 0.3) is 0 Å². The lowest BCUT2D eigenvalue weighted by Crippen LogP contribution is -2.08. The Morgan fingerprint density at radius 1 is 1.30 bits per heavy atom. The monoisotopic (exact) mass is 415 g/mol. The maximum atomic E-state index is 5.33. The zero-order chi connectivity index (χ0) is 18.2. The molecule has 27 heavy (non-hydrogen) atoms. The van der Waals surface area contributed by atoms with Crippen LogP contribution in [0.25, 0.3) is 10.2 Å². The van der Waals surface area contributed by atoms with Crippen molar-refractivity contribution >= 4 is 49.8 Å². The normalized spacial score (nSPS) is 16.6. The molecule has 0 fully saturated rings. The van der Waals surface area contributed by atoms with Gasteiger partial charge < -0.3 is 9.73 Å². The first-order valence-electron chi connectivity index (χ1n) is 8.79. The highest BCUT2D eigenvalue weighted by Gasteiger charge is 2.23. The average Bonchev–Trinajstić information content (AvgIpc) is 3.39. The molecule has 1 atom stereocenters. The van der Waals surface area contributed by atoms with E-state index < -0.39 is 0 Å². The fraction of sp³-hybridized carbons (Fsp3) is 0.333. The standard InChI is InChI=1S/C18H17N5OS3/c1-10-4-5-12-13(7-10)25-15-14(12)16(21-9-20-15)26-18-23-22-17(27-18)19-8-11-3-2-6-24-11/h2-3,6,9-10H,4-5,7-8H2,1H3,(H,19,22). The van der Waals surface area contributed by atoms with E-state index in [0.29, 0.717) is 6.54 Å². The largest absolute Gasteiger partial charge is 0.467 e. The summed E-state index contributed by atoms with van der Waals surface area (Å²) in [6.45, 7) is 2.92. The third kappa shape index (κ3) is 3.46. The van der Waals surface area contributed by atoms with Gasteiger partial charge >= 0.3 is 0 Å². The number of anilines is 1. The SMILES string of the molecule is CC1CCc2c(sc3ncnc(Sc4nnc(NCc5ccco5)s4)c23)C1. The number of thiophene rings is 1. The minimum absolute atomic E-state index is 0.597. The van der Waals surface area contributed by atoms with Gasteiger partial charge in [-0.05, 0) is 54.6 Å². The second-order valence-electron chi connectivity index (χ2n) is 6.62.